The molecule has 8 heteroatoms. The highest BCUT2D eigenvalue weighted by Gasteiger charge is 2.36. The Morgan fingerprint density at radius 1 is 1.33 bits per heavy atom. The Bertz CT molecular complexity index is 310. The molecule has 18 heavy (non-hydrogen) atoms. The van der Waals surface area contributed by atoms with Gasteiger partial charge in [0.25, 0.3) is 6.43 Å². The van der Waals surface area contributed by atoms with Crippen molar-refractivity contribution >= 4 is 12.0 Å². The minimum absolute atomic E-state index is 0.188. The van der Waals surface area contributed by atoms with Crippen LogP contribution in [0.5, 0.6) is 0 Å². The van der Waals surface area contributed by atoms with Crippen molar-refractivity contribution < 1.29 is 28.6 Å². The van der Waals surface area contributed by atoms with Gasteiger partial charge in [-0.05, 0) is 12.8 Å². The van der Waals surface area contributed by atoms with Gasteiger partial charge < -0.3 is 20.0 Å². The van der Waals surface area contributed by atoms with E-state index in [9.17, 15) is 18.4 Å². The third kappa shape index (κ3) is 4.44. The molecular formula is C10H16F2N2O4. The number of amides is 2. The number of carboxylic acids is 1. The summed E-state index contributed by atoms with van der Waals surface area (Å²) in [4.78, 5) is 24.4. The van der Waals surface area contributed by atoms with Crippen molar-refractivity contribution in [3.8, 4) is 0 Å². The van der Waals surface area contributed by atoms with Crippen LogP contribution in [0.25, 0.3) is 0 Å². The van der Waals surface area contributed by atoms with E-state index in [1.54, 1.807) is 0 Å². The van der Waals surface area contributed by atoms with Crippen molar-refractivity contribution in [3.63, 3.8) is 0 Å². The Morgan fingerprint density at radius 3 is 2.33 bits per heavy atom. The van der Waals surface area contributed by atoms with Crippen molar-refractivity contribution in [1.29, 1.82) is 0 Å². The smallest absolute Gasteiger partial charge is 0.323 e. The molecule has 6 nitrogen and oxygen atoms in total. The Balaban J connectivity index is 2.67. The molecule has 0 bridgehead atoms. The number of nitrogens with zero attached hydrogens (tertiary/aromatic N) is 2. The second-order valence-corrected chi connectivity index (χ2v) is 4.10. The number of alkyl halides is 2. The monoisotopic (exact) mass is 266 g/mol. The SMILES string of the molecule is O=C(O)CN(C(=O)N(CCO)CC(F)F)C1CC1. The maximum atomic E-state index is 12.3. The normalized spacial score (nSPS) is 14.7. The van der Waals surface area contributed by atoms with Crippen molar-refractivity contribution in [1.82, 2.24) is 9.80 Å². The van der Waals surface area contributed by atoms with Gasteiger partial charge in [-0.25, -0.2) is 13.6 Å². The standard InChI is InChI=1S/C10H16F2N2O4/c11-8(12)5-13(3-4-15)10(18)14(6-9(16)17)7-1-2-7/h7-8,15H,1-6H2,(H,16,17). The van der Waals surface area contributed by atoms with Gasteiger partial charge in [-0.3, -0.25) is 4.79 Å². The molecule has 0 aromatic rings. The lowest BCUT2D eigenvalue weighted by Crippen LogP contribution is -2.48. The second kappa shape index (κ2) is 6.48. The van der Waals surface area contributed by atoms with Gasteiger partial charge >= 0.3 is 12.0 Å². The molecule has 0 heterocycles. The first-order valence-corrected chi connectivity index (χ1v) is 5.62. The predicted octanol–water partition coefficient (Wildman–Crippen LogP) is 0.215. The highest BCUT2D eigenvalue weighted by molar-refractivity contribution is 5.80. The lowest BCUT2D eigenvalue weighted by atomic mass is 10.4. The summed E-state index contributed by atoms with van der Waals surface area (Å²) in [5.41, 5.74) is 0. The highest BCUT2D eigenvalue weighted by atomic mass is 19.3. The van der Waals surface area contributed by atoms with Crippen LogP contribution in [-0.4, -0.2) is 70.7 Å². The number of rotatable bonds is 7. The van der Waals surface area contributed by atoms with Crippen LogP contribution in [0.1, 0.15) is 12.8 Å². The number of aliphatic carboxylic acids is 1. The molecule has 1 saturated carbocycles. The topological polar surface area (TPSA) is 81.1 Å². The summed E-state index contributed by atoms with van der Waals surface area (Å²) in [6.07, 6.45) is -1.35. The van der Waals surface area contributed by atoms with Gasteiger partial charge in [0, 0.05) is 12.6 Å². The van der Waals surface area contributed by atoms with Crippen molar-refractivity contribution in [2.75, 3.05) is 26.2 Å². The maximum absolute atomic E-state index is 12.3. The van der Waals surface area contributed by atoms with Crippen molar-refractivity contribution in [2.24, 2.45) is 0 Å². The number of aliphatic hydroxyl groups is 1. The number of hydrogen-bond acceptors (Lipinski definition) is 3. The third-order valence-electron chi connectivity index (χ3n) is 2.54. The van der Waals surface area contributed by atoms with Gasteiger partial charge in [-0.1, -0.05) is 0 Å². The summed E-state index contributed by atoms with van der Waals surface area (Å²) >= 11 is 0. The van der Waals surface area contributed by atoms with Crippen molar-refractivity contribution in [3.05, 3.63) is 0 Å². The molecule has 1 rings (SSSR count). The van der Waals surface area contributed by atoms with Crippen LogP contribution >= 0.6 is 0 Å². The summed E-state index contributed by atoms with van der Waals surface area (Å²) < 4.78 is 24.6. The van der Waals surface area contributed by atoms with Gasteiger partial charge in [0.2, 0.25) is 0 Å². The van der Waals surface area contributed by atoms with Crippen LogP contribution in [0.4, 0.5) is 13.6 Å². The van der Waals surface area contributed by atoms with Gasteiger partial charge in [0.1, 0.15) is 6.54 Å². The zero-order valence-corrected chi connectivity index (χ0v) is 9.76. The van der Waals surface area contributed by atoms with E-state index in [0.29, 0.717) is 12.8 Å². The molecule has 0 radical (unpaired) electrons. The fourth-order valence-corrected chi connectivity index (χ4v) is 1.62. The van der Waals surface area contributed by atoms with E-state index in [4.69, 9.17) is 10.2 Å². The fourth-order valence-electron chi connectivity index (χ4n) is 1.62. The minimum Gasteiger partial charge on any atom is -0.480 e. The second-order valence-electron chi connectivity index (χ2n) is 4.10. The van der Waals surface area contributed by atoms with E-state index in [1.807, 2.05) is 0 Å². The molecule has 1 fully saturated rings. The van der Waals surface area contributed by atoms with Crippen LogP contribution in [-0.2, 0) is 4.79 Å². The van der Waals surface area contributed by atoms with E-state index >= 15 is 0 Å². The molecule has 0 spiro atoms. The van der Waals surface area contributed by atoms with Crippen LogP contribution in [0.15, 0.2) is 0 Å². The molecule has 0 aliphatic heterocycles. The number of aliphatic hydroxyl groups excluding tert-OH is 1. The summed E-state index contributed by atoms with van der Waals surface area (Å²) in [6, 6.07) is -0.943. The van der Waals surface area contributed by atoms with Gasteiger partial charge in [-0.15, -0.1) is 0 Å². The number of carbonyl (C=O) groups is 2. The fraction of sp³-hybridized carbons (Fsp3) is 0.800. The van der Waals surface area contributed by atoms with Crippen LogP contribution < -0.4 is 0 Å². The Hall–Kier alpha value is -1.44. The van der Waals surface area contributed by atoms with Crippen LogP contribution in [0, 0.1) is 0 Å². The zero-order valence-electron chi connectivity index (χ0n) is 9.76. The van der Waals surface area contributed by atoms with Gasteiger partial charge in [0.05, 0.1) is 13.2 Å². The summed E-state index contributed by atoms with van der Waals surface area (Å²) in [5, 5.41) is 17.4. The Kier molecular flexibility index (Phi) is 5.26. The first-order valence-electron chi connectivity index (χ1n) is 5.62. The van der Waals surface area contributed by atoms with Crippen LogP contribution in [0.2, 0.25) is 0 Å². The molecule has 1 aliphatic rings. The maximum Gasteiger partial charge on any atom is 0.323 e. The van der Waals surface area contributed by atoms with E-state index in [2.05, 4.69) is 0 Å². The number of carbonyl (C=O) groups excluding carboxylic acids is 1. The number of halogens is 2. The number of carboxylic acid groups (broad SMARTS) is 1. The molecule has 2 amide bonds. The van der Waals surface area contributed by atoms with Gasteiger partial charge in [0.15, 0.2) is 0 Å². The van der Waals surface area contributed by atoms with E-state index < -0.39 is 38.1 Å². The lowest BCUT2D eigenvalue weighted by molar-refractivity contribution is -0.137. The predicted molar refractivity (Wildman–Crippen MR) is 57.4 cm³/mol. The zero-order chi connectivity index (χ0) is 13.7. The molecule has 0 aromatic carbocycles. The number of urea groups is 1. The largest absolute Gasteiger partial charge is 0.480 e. The summed E-state index contributed by atoms with van der Waals surface area (Å²) in [7, 11) is 0. The highest BCUT2D eigenvalue weighted by Crippen LogP contribution is 2.27. The summed E-state index contributed by atoms with van der Waals surface area (Å²) in [5.74, 6) is -1.18. The first kappa shape index (κ1) is 14.6. The van der Waals surface area contributed by atoms with E-state index in [0.717, 1.165) is 9.80 Å². The Morgan fingerprint density at radius 2 is 1.94 bits per heavy atom. The van der Waals surface area contributed by atoms with Crippen molar-refractivity contribution in [2.45, 2.75) is 25.3 Å². The summed E-state index contributed by atoms with van der Waals surface area (Å²) in [6.45, 7) is -1.98. The van der Waals surface area contributed by atoms with Crippen LogP contribution in [0.3, 0.4) is 0 Å². The third-order valence-corrected chi connectivity index (χ3v) is 2.54. The number of hydrogen-bond donors (Lipinski definition) is 2. The average Bonchev–Trinajstić information content (AvgIpc) is 3.07. The average molecular weight is 266 g/mol. The molecular weight excluding hydrogens is 250 g/mol. The van der Waals surface area contributed by atoms with Gasteiger partial charge in [-0.2, -0.15) is 0 Å². The quantitative estimate of drug-likeness (QED) is 0.690. The molecule has 2 N–H and O–H groups in total. The first-order chi connectivity index (χ1) is 8.45. The molecule has 104 valence electrons. The molecule has 0 unspecified atom stereocenters. The molecule has 0 atom stereocenters. The molecule has 1 aliphatic carbocycles. The van der Waals surface area contributed by atoms with E-state index in [1.165, 1.54) is 0 Å². The molecule has 0 saturated heterocycles. The molecule has 0 aromatic heterocycles. The Labute approximate surface area is 103 Å². The minimum atomic E-state index is -2.72. The lowest BCUT2D eigenvalue weighted by Gasteiger charge is -2.29. The van der Waals surface area contributed by atoms with E-state index in [-0.39, 0.29) is 12.6 Å².